The molecule has 1 heterocycles. The van der Waals surface area contributed by atoms with Crippen molar-refractivity contribution >= 4 is 11.4 Å². The number of likely N-dealkylation sites (N-methyl/N-ethyl adjacent to an activating group) is 1. The number of likely N-dealkylation sites (tertiary alicyclic amines) is 1. The fraction of sp³-hybridized carbons (Fsp3) is 0.625. The molecule has 1 aliphatic rings. The van der Waals surface area contributed by atoms with Gasteiger partial charge in [0.2, 0.25) is 0 Å². The van der Waals surface area contributed by atoms with E-state index in [9.17, 15) is 0 Å². The maximum Gasteiger partial charge on any atom is 0.123 e. The second kappa shape index (κ2) is 7.39. The zero-order valence-electron chi connectivity index (χ0n) is 12.8. The SMILES string of the molecule is CCCOc1cc(N)cc(N(C)CCN2CCCC2)c1. The average Bonchev–Trinajstić information content (AvgIpc) is 2.95. The minimum absolute atomic E-state index is 0.736. The highest BCUT2D eigenvalue weighted by Gasteiger charge is 2.12. The number of rotatable bonds is 7. The first-order chi connectivity index (χ1) is 9.69. The highest BCUT2D eigenvalue weighted by atomic mass is 16.5. The van der Waals surface area contributed by atoms with Gasteiger partial charge in [0.25, 0.3) is 0 Å². The van der Waals surface area contributed by atoms with Crippen molar-refractivity contribution in [3.05, 3.63) is 18.2 Å². The van der Waals surface area contributed by atoms with Crippen LogP contribution >= 0.6 is 0 Å². The summed E-state index contributed by atoms with van der Waals surface area (Å²) in [5.41, 5.74) is 7.87. The molecule has 1 saturated heterocycles. The fourth-order valence-corrected chi connectivity index (χ4v) is 2.56. The summed E-state index contributed by atoms with van der Waals surface area (Å²) in [6, 6.07) is 5.99. The Labute approximate surface area is 122 Å². The molecule has 0 saturated carbocycles. The molecule has 1 aromatic rings. The van der Waals surface area contributed by atoms with Crippen molar-refractivity contribution in [2.45, 2.75) is 26.2 Å². The smallest absolute Gasteiger partial charge is 0.123 e. The largest absolute Gasteiger partial charge is 0.493 e. The first-order valence-electron chi connectivity index (χ1n) is 7.66. The number of nitrogens with zero attached hydrogens (tertiary/aromatic N) is 2. The summed E-state index contributed by atoms with van der Waals surface area (Å²) in [4.78, 5) is 4.78. The summed E-state index contributed by atoms with van der Waals surface area (Å²) in [7, 11) is 2.12. The number of hydrogen-bond donors (Lipinski definition) is 1. The highest BCUT2D eigenvalue weighted by Crippen LogP contribution is 2.25. The van der Waals surface area contributed by atoms with E-state index in [0.29, 0.717) is 0 Å². The molecule has 1 aromatic carbocycles. The van der Waals surface area contributed by atoms with E-state index in [1.54, 1.807) is 0 Å². The number of ether oxygens (including phenoxy) is 1. The van der Waals surface area contributed by atoms with Crippen LogP contribution in [0, 0.1) is 0 Å². The van der Waals surface area contributed by atoms with Gasteiger partial charge in [-0.05, 0) is 38.4 Å². The third kappa shape index (κ3) is 4.30. The van der Waals surface area contributed by atoms with Crippen LogP contribution in [0.2, 0.25) is 0 Å². The van der Waals surface area contributed by atoms with E-state index >= 15 is 0 Å². The molecular weight excluding hydrogens is 250 g/mol. The molecule has 112 valence electrons. The van der Waals surface area contributed by atoms with Crippen LogP contribution in [0.4, 0.5) is 11.4 Å². The van der Waals surface area contributed by atoms with Crippen LogP contribution in [0.1, 0.15) is 26.2 Å². The molecular formula is C16H27N3O. The zero-order valence-corrected chi connectivity index (χ0v) is 12.8. The molecule has 0 spiro atoms. The summed E-state index contributed by atoms with van der Waals surface area (Å²) in [5, 5.41) is 0. The van der Waals surface area contributed by atoms with Gasteiger partial charge in [0, 0.05) is 43.6 Å². The summed E-state index contributed by atoms with van der Waals surface area (Å²) < 4.78 is 5.69. The predicted molar refractivity (Wildman–Crippen MR) is 85.6 cm³/mol. The van der Waals surface area contributed by atoms with Gasteiger partial charge in [0.15, 0.2) is 0 Å². The summed E-state index contributed by atoms with van der Waals surface area (Å²) in [6.07, 6.45) is 3.70. The van der Waals surface area contributed by atoms with Crippen molar-refractivity contribution in [3.63, 3.8) is 0 Å². The van der Waals surface area contributed by atoms with Gasteiger partial charge in [0.1, 0.15) is 5.75 Å². The number of nitrogens with two attached hydrogens (primary N) is 1. The lowest BCUT2D eigenvalue weighted by molar-refractivity contribution is 0.317. The number of anilines is 2. The van der Waals surface area contributed by atoms with Gasteiger partial charge in [0.05, 0.1) is 6.61 Å². The average molecular weight is 277 g/mol. The minimum atomic E-state index is 0.736. The van der Waals surface area contributed by atoms with Crippen LogP contribution < -0.4 is 15.4 Å². The van der Waals surface area contributed by atoms with Gasteiger partial charge < -0.3 is 20.3 Å². The Morgan fingerprint density at radius 1 is 1.25 bits per heavy atom. The molecule has 0 amide bonds. The molecule has 4 nitrogen and oxygen atoms in total. The monoisotopic (exact) mass is 277 g/mol. The molecule has 20 heavy (non-hydrogen) atoms. The standard InChI is InChI=1S/C16H27N3O/c1-3-10-20-16-12-14(17)11-15(13-16)18(2)8-9-19-6-4-5-7-19/h11-13H,3-10,17H2,1-2H3. The van der Waals surface area contributed by atoms with Gasteiger partial charge in [-0.25, -0.2) is 0 Å². The van der Waals surface area contributed by atoms with Crippen LogP contribution in [-0.2, 0) is 0 Å². The van der Waals surface area contributed by atoms with Gasteiger partial charge in [-0.15, -0.1) is 0 Å². The number of nitrogen functional groups attached to an aromatic ring is 1. The van der Waals surface area contributed by atoms with Gasteiger partial charge >= 0.3 is 0 Å². The molecule has 2 rings (SSSR count). The van der Waals surface area contributed by atoms with E-state index in [4.69, 9.17) is 10.5 Å². The molecule has 0 bridgehead atoms. The van der Waals surface area contributed by atoms with E-state index in [1.807, 2.05) is 12.1 Å². The highest BCUT2D eigenvalue weighted by molar-refractivity contribution is 5.60. The Balaban J connectivity index is 1.93. The molecule has 0 radical (unpaired) electrons. The second-order valence-corrected chi connectivity index (χ2v) is 5.58. The van der Waals surface area contributed by atoms with Crippen molar-refractivity contribution < 1.29 is 4.74 Å². The lowest BCUT2D eigenvalue weighted by Crippen LogP contribution is -2.31. The Bertz CT molecular complexity index is 416. The van der Waals surface area contributed by atoms with Crippen LogP contribution in [0.3, 0.4) is 0 Å². The Kier molecular flexibility index (Phi) is 5.53. The van der Waals surface area contributed by atoms with Crippen LogP contribution in [-0.4, -0.2) is 44.7 Å². The first kappa shape index (κ1) is 15.0. The molecule has 4 heteroatoms. The molecule has 0 atom stereocenters. The molecule has 1 aliphatic heterocycles. The Morgan fingerprint density at radius 3 is 2.70 bits per heavy atom. The molecule has 1 fully saturated rings. The topological polar surface area (TPSA) is 41.7 Å². The maximum atomic E-state index is 5.97. The first-order valence-corrected chi connectivity index (χ1v) is 7.66. The summed E-state index contributed by atoms with van der Waals surface area (Å²) >= 11 is 0. The van der Waals surface area contributed by atoms with Gasteiger partial charge in [-0.3, -0.25) is 0 Å². The molecule has 0 unspecified atom stereocenters. The predicted octanol–water partition coefficient (Wildman–Crippen LogP) is 2.59. The lowest BCUT2D eigenvalue weighted by atomic mass is 10.2. The summed E-state index contributed by atoms with van der Waals surface area (Å²) in [5.74, 6) is 0.870. The van der Waals surface area contributed by atoms with Crippen molar-refractivity contribution in [2.75, 3.05) is 50.5 Å². The second-order valence-electron chi connectivity index (χ2n) is 5.58. The van der Waals surface area contributed by atoms with Crippen molar-refractivity contribution in [3.8, 4) is 5.75 Å². The van der Waals surface area contributed by atoms with E-state index in [0.717, 1.165) is 43.2 Å². The van der Waals surface area contributed by atoms with Gasteiger partial charge in [-0.2, -0.15) is 0 Å². The van der Waals surface area contributed by atoms with Crippen LogP contribution in [0.15, 0.2) is 18.2 Å². The van der Waals surface area contributed by atoms with Crippen molar-refractivity contribution in [1.82, 2.24) is 4.90 Å². The maximum absolute atomic E-state index is 5.97. The van der Waals surface area contributed by atoms with E-state index in [1.165, 1.54) is 25.9 Å². The quantitative estimate of drug-likeness (QED) is 0.778. The summed E-state index contributed by atoms with van der Waals surface area (Å²) in [6.45, 7) is 7.48. The van der Waals surface area contributed by atoms with Crippen LogP contribution in [0.5, 0.6) is 5.75 Å². The van der Waals surface area contributed by atoms with Crippen molar-refractivity contribution in [1.29, 1.82) is 0 Å². The molecule has 0 aromatic heterocycles. The molecule has 2 N–H and O–H groups in total. The van der Waals surface area contributed by atoms with E-state index in [-0.39, 0.29) is 0 Å². The third-order valence-corrected chi connectivity index (χ3v) is 3.78. The number of hydrogen-bond acceptors (Lipinski definition) is 4. The normalized spacial score (nSPS) is 15.5. The Hall–Kier alpha value is -1.42. The minimum Gasteiger partial charge on any atom is -0.493 e. The van der Waals surface area contributed by atoms with Crippen molar-refractivity contribution in [2.24, 2.45) is 0 Å². The fourth-order valence-electron chi connectivity index (χ4n) is 2.56. The lowest BCUT2D eigenvalue weighted by Gasteiger charge is -2.24. The third-order valence-electron chi connectivity index (χ3n) is 3.78. The Morgan fingerprint density at radius 2 is 2.00 bits per heavy atom. The number of benzene rings is 1. The zero-order chi connectivity index (χ0) is 14.4. The van der Waals surface area contributed by atoms with E-state index < -0.39 is 0 Å². The van der Waals surface area contributed by atoms with Gasteiger partial charge in [-0.1, -0.05) is 6.92 Å². The van der Waals surface area contributed by atoms with E-state index in [2.05, 4.69) is 29.8 Å². The molecule has 0 aliphatic carbocycles. The van der Waals surface area contributed by atoms with Crippen LogP contribution in [0.25, 0.3) is 0 Å².